The van der Waals surface area contributed by atoms with Gasteiger partial charge in [0, 0.05) is 18.1 Å². The Kier molecular flexibility index (Phi) is 45.6. The van der Waals surface area contributed by atoms with Gasteiger partial charge in [-0.1, -0.05) is 245 Å². The molecule has 0 spiro atoms. The highest BCUT2D eigenvalue weighted by atomic mass is 32.1. The standard InChI is InChI=1S/C47H94O6SSi/c1-4-7-10-13-16-18-20-22-24-26-28-30-33-36-39-42-46(48)51-55(53-50-44-45(54)41-38-35-32-15-12-9-6-3)52-47(49)43-40-37-34-31-29-27-25-23-21-19-17-14-11-8-5-2/h45,54-55H,4-44H2,1-3H3. The van der Waals surface area contributed by atoms with Crippen LogP contribution < -0.4 is 0 Å². The van der Waals surface area contributed by atoms with Crippen LogP contribution in [0.25, 0.3) is 0 Å². The number of thiol groups is 1. The lowest BCUT2D eigenvalue weighted by atomic mass is 10.0. The minimum Gasteiger partial charge on any atom is -0.465 e. The zero-order valence-corrected chi connectivity index (χ0v) is 39.1. The van der Waals surface area contributed by atoms with E-state index < -0.39 is 9.53 Å². The number of hydrogen-bond donors (Lipinski definition) is 1. The first-order valence-corrected chi connectivity index (χ1v) is 26.3. The predicted molar refractivity (Wildman–Crippen MR) is 241 cm³/mol. The van der Waals surface area contributed by atoms with Crippen LogP contribution in [0.15, 0.2) is 0 Å². The first-order valence-electron chi connectivity index (χ1n) is 24.4. The molecule has 0 fully saturated rings. The molecule has 1 unspecified atom stereocenters. The van der Waals surface area contributed by atoms with Gasteiger partial charge >= 0.3 is 9.53 Å². The van der Waals surface area contributed by atoms with E-state index in [0.29, 0.717) is 12.8 Å². The van der Waals surface area contributed by atoms with E-state index in [9.17, 15) is 9.59 Å². The first-order chi connectivity index (χ1) is 27.0. The van der Waals surface area contributed by atoms with E-state index in [1.54, 1.807) is 0 Å². The van der Waals surface area contributed by atoms with Crippen molar-refractivity contribution in [3.63, 3.8) is 0 Å². The summed E-state index contributed by atoms with van der Waals surface area (Å²) in [4.78, 5) is 30.9. The first kappa shape index (κ1) is 54.4. The monoisotopic (exact) mass is 815 g/mol. The van der Waals surface area contributed by atoms with Crippen molar-refractivity contribution in [3.8, 4) is 0 Å². The SMILES string of the molecule is CCCCCCCCCCCCCCCCCC(=O)O[SiH](OOCC(S)CCCCCCCCC)OC(=O)CCCCCCCCCCCCCCCCC. The summed E-state index contributed by atoms with van der Waals surface area (Å²) in [7, 11) is -3.10. The Balaban J connectivity index is 4.25. The molecule has 55 heavy (non-hydrogen) atoms. The fraction of sp³-hybridized carbons (Fsp3) is 0.957. The van der Waals surface area contributed by atoms with E-state index in [-0.39, 0.29) is 23.8 Å². The molecule has 0 radical (unpaired) electrons. The summed E-state index contributed by atoms with van der Waals surface area (Å²) in [6.07, 6.45) is 48.7. The molecule has 0 aliphatic heterocycles. The van der Waals surface area contributed by atoms with Crippen LogP contribution in [0.2, 0.25) is 0 Å². The van der Waals surface area contributed by atoms with Crippen LogP contribution in [-0.2, 0) is 27.9 Å². The molecule has 328 valence electrons. The Hall–Kier alpha value is -0.573. The molecule has 6 nitrogen and oxygen atoms in total. The van der Waals surface area contributed by atoms with Gasteiger partial charge in [-0.25, -0.2) is 9.46 Å². The van der Waals surface area contributed by atoms with Gasteiger partial charge in [-0.05, 0) is 19.3 Å². The van der Waals surface area contributed by atoms with E-state index in [2.05, 4.69) is 33.4 Å². The summed E-state index contributed by atoms with van der Waals surface area (Å²) >= 11 is 4.66. The number of rotatable bonds is 46. The molecule has 0 saturated carbocycles. The predicted octanol–water partition coefficient (Wildman–Crippen LogP) is 15.7. The van der Waals surface area contributed by atoms with Gasteiger partial charge in [0.1, 0.15) is 0 Å². The third-order valence-electron chi connectivity index (χ3n) is 11.0. The molecule has 0 aliphatic rings. The van der Waals surface area contributed by atoms with Gasteiger partial charge < -0.3 is 8.85 Å². The van der Waals surface area contributed by atoms with Gasteiger partial charge in [0.15, 0.2) is 0 Å². The average Bonchev–Trinajstić information content (AvgIpc) is 3.17. The molecule has 0 aromatic heterocycles. The van der Waals surface area contributed by atoms with Crippen LogP contribution in [-0.4, -0.2) is 33.3 Å². The van der Waals surface area contributed by atoms with Crippen molar-refractivity contribution >= 4 is 34.1 Å². The molecule has 0 rings (SSSR count). The molecular formula is C47H94O6SSi. The largest absolute Gasteiger partial charge is 0.647 e. The minimum absolute atomic E-state index is 0.0253. The van der Waals surface area contributed by atoms with Crippen LogP contribution in [0.4, 0.5) is 0 Å². The third kappa shape index (κ3) is 44.4. The lowest BCUT2D eigenvalue weighted by Crippen LogP contribution is -2.33. The van der Waals surface area contributed by atoms with Crippen molar-refractivity contribution < 1.29 is 27.9 Å². The maximum atomic E-state index is 12.7. The van der Waals surface area contributed by atoms with Crippen LogP contribution in [0, 0.1) is 0 Å². The van der Waals surface area contributed by atoms with Crippen molar-refractivity contribution in [2.75, 3.05) is 6.61 Å². The quantitative estimate of drug-likeness (QED) is 0.0217. The summed E-state index contributed by atoms with van der Waals surface area (Å²) in [5.41, 5.74) is 0. The highest BCUT2D eigenvalue weighted by Crippen LogP contribution is 2.17. The zero-order chi connectivity index (χ0) is 40.1. The zero-order valence-electron chi connectivity index (χ0n) is 37.0. The average molecular weight is 815 g/mol. The third-order valence-corrected chi connectivity index (χ3v) is 12.6. The second-order valence-corrected chi connectivity index (χ2v) is 18.6. The number of hydrogen-bond acceptors (Lipinski definition) is 7. The molecule has 1 atom stereocenters. The smallest absolute Gasteiger partial charge is 0.465 e. The van der Waals surface area contributed by atoms with Crippen molar-refractivity contribution in [1.29, 1.82) is 0 Å². The molecule has 0 aromatic carbocycles. The topological polar surface area (TPSA) is 71.1 Å². The van der Waals surface area contributed by atoms with Crippen LogP contribution in [0.1, 0.15) is 278 Å². The molecule has 0 heterocycles. The lowest BCUT2D eigenvalue weighted by Gasteiger charge is -2.17. The Bertz CT molecular complexity index is 739. The second-order valence-electron chi connectivity index (χ2n) is 16.6. The van der Waals surface area contributed by atoms with E-state index in [0.717, 1.165) is 51.4 Å². The molecule has 0 N–H and O–H groups in total. The summed E-state index contributed by atoms with van der Waals surface area (Å²) in [5.74, 6) is -0.722. The van der Waals surface area contributed by atoms with E-state index in [4.69, 9.17) is 18.3 Å². The summed E-state index contributed by atoms with van der Waals surface area (Å²) < 4.78 is 16.6. The van der Waals surface area contributed by atoms with Crippen molar-refractivity contribution in [2.45, 2.75) is 283 Å². The fourth-order valence-electron chi connectivity index (χ4n) is 7.27. The van der Waals surface area contributed by atoms with Crippen LogP contribution >= 0.6 is 12.6 Å². The highest BCUT2D eigenvalue weighted by molar-refractivity contribution is 7.81. The number of carbonyl (C=O) groups is 2. The fourth-order valence-corrected chi connectivity index (χ4v) is 8.50. The normalized spacial score (nSPS) is 12.1. The molecule has 0 saturated heterocycles. The molecule has 0 aromatic rings. The van der Waals surface area contributed by atoms with Gasteiger partial charge in [0.25, 0.3) is 11.9 Å². The number of carbonyl (C=O) groups excluding carboxylic acids is 2. The van der Waals surface area contributed by atoms with Crippen molar-refractivity contribution in [2.24, 2.45) is 0 Å². The van der Waals surface area contributed by atoms with Gasteiger partial charge in [-0.3, -0.25) is 9.59 Å². The van der Waals surface area contributed by atoms with E-state index >= 15 is 0 Å². The Morgan fingerprint density at radius 3 is 0.945 bits per heavy atom. The van der Waals surface area contributed by atoms with Crippen LogP contribution in [0.3, 0.4) is 0 Å². The molecular weight excluding hydrogens is 721 g/mol. The van der Waals surface area contributed by atoms with Gasteiger partial charge in [-0.15, -0.1) is 0 Å². The van der Waals surface area contributed by atoms with Gasteiger partial charge in [0.2, 0.25) is 0 Å². The number of unbranched alkanes of at least 4 members (excludes halogenated alkanes) is 34. The second kappa shape index (κ2) is 46.1. The van der Waals surface area contributed by atoms with Gasteiger partial charge in [0.05, 0.1) is 6.61 Å². The molecule has 0 bridgehead atoms. The lowest BCUT2D eigenvalue weighted by molar-refractivity contribution is -0.238. The van der Waals surface area contributed by atoms with Crippen molar-refractivity contribution in [3.05, 3.63) is 0 Å². The Labute approximate surface area is 350 Å². The maximum Gasteiger partial charge on any atom is 0.647 e. The molecule has 8 heteroatoms. The highest BCUT2D eigenvalue weighted by Gasteiger charge is 2.27. The van der Waals surface area contributed by atoms with E-state index in [1.807, 2.05) is 0 Å². The molecule has 0 aliphatic carbocycles. The Morgan fingerprint density at radius 1 is 0.400 bits per heavy atom. The minimum atomic E-state index is -3.10. The van der Waals surface area contributed by atoms with Crippen LogP contribution in [0.5, 0.6) is 0 Å². The summed E-state index contributed by atoms with van der Waals surface area (Å²) in [5, 5.41) is 0.0253. The van der Waals surface area contributed by atoms with Crippen molar-refractivity contribution in [1.82, 2.24) is 0 Å². The maximum absolute atomic E-state index is 12.7. The summed E-state index contributed by atoms with van der Waals surface area (Å²) in [6, 6.07) is 0. The Morgan fingerprint density at radius 2 is 0.655 bits per heavy atom. The van der Waals surface area contributed by atoms with E-state index in [1.165, 1.54) is 193 Å². The van der Waals surface area contributed by atoms with Gasteiger partial charge in [-0.2, -0.15) is 12.6 Å². The molecule has 0 amide bonds. The summed E-state index contributed by atoms with van der Waals surface area (Å²) in [6.45, 7) is 7.07.